The van der Waals surface area contributed by atoms with Crippen molar-refractivity contribution in [1.29, 1.82) is 0 Å². The molecule has 1 aliphatic rings. The fourth-order valence-electron chi connectivity index (χ4n) is 2.86. The minimum atomic E-state index is 0.691. The van der Waals surface area contributed by atoms with Crippen LogP contribution in [0, 0.1) is 6.92 Å². The van der Waals surface area contributed by atoms with E-state index in [4.69, 9.17) is 0 Å². The van der Waals surface area contributed by atoms with Gasteiger partial charge in [-0.3, -0.25) is 4.90 Å². The largest absolute Gasteiger partial charge is 0.313 e. The summed E-state index contributed by atoms with van der Waals surface area (Å²) >= 11 is 3.71. The van der Waals surface area contributed by atoms with Gasteiger partial charge in [0.2, 0.25) is 0 Å². The summed E-state index contributed by atoms with van der Waals surface area (Å²) in [5.41, 5.74) is 2.72. The van der Waals surface area contributed by atoms with Crippen LogP contribution in [0.15, 0.2) is 22.7 Å². The quantitative estimate of drug-likeness (QED) is 0.804. The van der Waals surface area contributed by atoms with Gasteiger partial charge in [0, 0.05) is 23.6 Å². The van der Waals surface area contributed by atoms with Crippen molar-refractivity contribution in [2.45, 2.75) is 52.1 Å². The van der Waals surface area contributed by atoms with E-state index < -0.39 is 0 Å². The Kier molecular flexibility index (Phi) is 6.53. The van der Waals surface area contributed by atoms with Gasteiger partial charge in [0.1, 0.15) is 0 Å². The lowest BCUT2D eigenvalue weighted by molar-refractivity contribution is 0.237. The van der Waals surface area contributed by atoms with Gasteiger partial charge in [0.15, 0.2) is 0 Å². The first-order valence-electron chi connectivity index (χ1n) is 7.90. The highest BCUT2D eigenvalue weighted by molar-refractivity contribution is 9.10. The van der Waals surface area contributed by atoms with Crippen molar-refractivity contribution < 1.29 is 0 Å². The van der Waals surface area contributed by atoms with Gasteiger partial charge < -0.3 is 5.32 Å². The lowest BCUT2D eigenvalue weighted by Crippen LogP contribution is -2.37. The molecule has 20 heavy (non-hydrogen) atoms. The third-order valence-corrected chi connectivity index (χ3v) is 4.81. The number of nitrogens with zero attached hydrogens (tertiary/aromatic N) is 1. The summed E-state index contributed by atoms with van der Waals surface area (Å²) in [7, 11) is 0. The minimum absolute atomic E-state index is 0.691. The van der Waals surface area contributed by atoms with Crippen LogP contribution in [-0.2, 0) is 6.54 Å². The Morgan fingerprint density at radius 2 is 2.25 bits per heavy atom. The second kappa shape index (κ2) is 8.16. The summed E-state index contributed by atoms with van der Waals surface area (Å²) in [5, 5.41) is 3.62. The Hall–Kier alpha value is -0.380. The van der Waals surface area contributed by atoms with E-state index in [1.54, 1.807) is 0 Å². The summed E-state index contributed by atoms with van der Waals surface area (Å²) in [6, 6.07) is 7.39. The van der Waals surface area contributed by atoms with Crippen LogP contribution >= 0.6 is 15.9 Å². The topological polar surface area (TPSA) is 15.3 Å². The predicted molar refractivity (Wildman–Crippen MR) is 90.1 cm³/mol. The van der Waals surface area contributed by atoms with Crippen molar-refractivity contribution in [3.63, 3.8) is 0 Å². The SMILES string of the molecule is CCCCN(Cc1ccc(C)cc1Br)CC1CCCN1. The number of halogens is 1. The van der Waals surface area contributed by atoms with Crippen LogP contribution in [0.5, 0.6) is 0 Å². The second-order valence-electron chi connectivity index (χ2n) is 5.98. The Bertz CT molecular complexity index is 413. The molecule has 0 aromatic heterocycles. The summed E-state index contributed by atoms with van der Waals surface area (Å²) < 4.78 is 1.25. The molecule has 1 atom stereocenters. The molecule has 2 nitrogen and oxygen atoms in total. The molecule has 112 valence electrons. The van der Waals surface area contributed by atoms with Crippen molar-refractivity contribution in [3.05, 3.63) is 33.8 Å². The third-order valence-electron chi connectivity index (χ3n) is 4.07. The molecule has 0 bridgehead atoms. The van der Waals surface area contributed by atoms with E-state index in [0.717, 1.165) is 6.54 Å². The highest BCUT2D eigenvalue weighted by Crippen LogP contribution is 2.21. The highest BCUT2D eigenvalue weighted by atomic mass is 79.9. The number of hydrogen-bond donors (Lipinski definition) is 1. The van der Waals surface area contributed by atoms with Gasteiger partial charge in [-0.1, -0.05) is 41.4 Å². The molecule has 1 aromatic carbocycles. The fourth-order valence-corrected chi connectivity index (χ4v) is 3.48. The van der Waals surface area contributed by atoms with Gasteiger partial charge in [0.25, 0.3) is 0 Å². The predicted octanol–water partition coefficient (Wildman–Crippen LogP) is 4.11. The van der Waals surface area contributed by atoms with E-state index in [2.05, 4.69) is 58.2 Å². The van der Waals surface area contributed by atoms with Crippen LogP contribution in [0.3, 0.4) is 0 Å². The average Bonchev–Trinajstić information content (AvgIpc) is 2.92. The molecule has 1 aliphatic heterocycles. The van der Waals surface area contributed by atoms with Crippen molar-refractivity contribution in [2.75, 3.05) is 19.6 Å². The molecule has 1 N–H and O–H groups in total. The minimum Gasteiger partial charge on any atom is -0.313 e. The number of benzene rings is 1. The molecular weight excluding hydrogens is 312 g/mol. The maximum absolute atomic E-state index is 3.71. The highest BCUT2D eigenvalue weighted by Gasteiger charge is 2.18. The van der Waals surface area contributed by atoms with E-state index in [-0.39, 0.29) is 0 Å². The first-order chi connectivity index (χ1) is 9.69. The first-order valence-corrected chi connectivity index (χ1v) is 8.69. The number of hydrogen-bond acceptors (Lipinski definition) is 2. The molecule has 0 spiro atoms. The summed E-state index contributed by atoms with van der Waals surface area (Å²) in [6.45, 7) is 9.05. The Labute approximate surface area is 132 Å². The van der Waals surface area contributed by atoms with Gasteiger partial charge in [-0.25, -0.2) is 0 Å². The Balaban J connectivity index is 1.97. The molecule has 0 amide bonds. The van der Waals surface area contributed by atoms with E-state index >= 15 is 0 Å². The van der Waals surface area contributed by atoms with Gasteiger partial charge in [-0.05, 0) is 56.5 Å². The van der Waals surface area contributed by atoms with Crippen LogP contribution in [0.2, 0.25) is 0 Å². The summed E-state index contributed by atoms with van der Waals surface area (Å²) in [6.07, 6.45) is 5.22. The van der Waals surface area contributed by atoms with Crippen LogP contribution < -0.4 is 5.32 Å². The van der Waals surface area contributed by atoms with Crippen LogP contribution in [0.25, 0.3) is 0 Å². The van der Waals surface area contributed by atoms with Gasteiger partial charge in [-0.15, -0.1) is 0 Å². The van der Waals surface area contributed by atoms with E-state index in [9.17, 15) is 0 Å². The Morgan fingerprint density at radius 1 is 1.40 bits per heavy atom. The van der Waals surface area contributed by atoms with Crippen molar-refractivity contribution in [1.82, 2.24) is 10.2 Å². The van der Waals surface area contributed by atoms with E-state index in [0.29, 0.717) is 6.04 Å². The zero-order valence-corrected chi connectivity index (χ0v) is 14.4. The van der Waals surface area contributed by atoms with Crippen LogP contribution in [0.4, 0.5) is 0 Å². The fraction of sp³-hybridized carbons (Fsp3) is 0.647. The summed E-state index contributed by atoms with van der Waals surface area (Å²) in [5.74, 6) is 0. The molecule has 0 saturated carbocycles. The maximum atomic E-state index is 3.71. The number of aryl methyl sites for hydroxylation is 1. The molecule has 0 aliphatic carbocycles. The monoisotopic (exact) mass is 338 g/mol. The van der Waals surface area contributed by atoms with Crippen molar-refractivity contribution in [3.8, 4) is 0 Å². The molecule has 1 fully saturated rings. The first kappa shape index (κ1) is 16.0. The molecule has 1 unspecified atom stereocenters. The van der Waals surface area contributed by atoms with Crippen LogP contribution in [-0.4, -0.2) is 30.6 Å². The van der Waals surface area contributed by atoms with Crippen molar-refractivity contribution >= 4 is 15.9 Å². The normalized spacial score (nSPS) is 18.9. The van der Waals surface area contributed by atoms with Crippen LogP contribution in [0.1, 0.15) is 43.7 Å². The molecule has 1 aromatic rings. The number of unbranched alkanes of at least 4 members (excludes halogenated alkanes) is 1. The lowest BCUT2D eigenvalue weighted by atomic mass is 10.1. The maximum Gasteiger partial charge on any atom is 0.0245 e. The third kappa shape index (κ3) is 4.87. The van der Waals surface area contributed by atoms with Gasteiger partial charge >= 0.3 is 0 Å². The molecule has 1 saturated heterocycles. The molecule has 2 rings (SSSR count). The lowest BCUT2D eigenvalue weighted by Gasteiger charge is -2.26. The smallest absolute Gasteiger partial charge is 0.0245 e. The summed E-state index contributed by atoms with van der Waals surface area (Å²) in [4.78, 5) is 2.61. The van der Waals surface area contributed by atoms with Gasteiger partial charge in [0.05, 0.1) is 0 Å². The average molecular weight is 339 g/mol. The molecule has 1 heterocycles. The van der Waals surface area contributed by atoms with E-state index in [1.807, 2.05) is 0 Å². The zero-order valence-electron chi connectivity index (χ0n) is 12.8. The zero-order chi connectivity index (χ0) is 14.4. The molecule has 0 radical (unpaired) electrons. The standard InChI is InChI=1S/C17H27BrN2/c1-3-4-10-20(13-16-6-5-9-19-16)12-15-8-7-14(2)11-17(15)18/h7-8,11,16,19H,3-6,9-10,12-13H2,1-2H3. The molecule has 3 heteroatoms. The molecular formula is C17H27BrN2. The van der Waals surface area contributed by atoms with E-state index in [1.165, 1.54) is 60.9 Å². The van der Waals surface area contributed by atoms with Gasteiger partial charge in [-0.2, -0.15) is 0 Å². The Morgan fingerprint density at radius 3 is 2.90 bits per heavy atom. The van der Waals surface area contributed by atoms with Crippen molar-refractivity contribution in [2.24, 2.45) is 0 Å². The second-order valence-corrected chi connectivity index (χ2v) is 6.83. The number of rotatable bonds is 7. The number of nitrogens with one attached hydrogen (secondary N) is 1.